The number of carbonyl (C=O) groups excluding carboxylic acids is 2. The van der Waals surface area contributed by atoms with E-state index in [0.717, 1.165) is 45.3 Å². The van der Waals surface area contributed by atoms with Crippen LogP contribution in [0.25, 0.3) is 0 Å². The highest BCUT2D eigenvalue weighted by molar-refractivity contribution is 5.81. The second-order valence-electron chi connectivity index (χ2n) is 7.88. The molecule has 0 N–H and O–H groups in total. The molecule has 3 atom stereocenters. The molecule has 0 bridgehead atoms. The Morgan fingerprint density at radius 1 is 1.26 bits per heavy atom. The average Bonchev–Trinajstić information content (AvgIpc) is 2.72. The molecule has 0 aromatic rings. The Morgan fingerprint density at radius 2 is 1.96 bits per heavy atom. The Bertz CT molecular complexity index is 461. The van der Waals surface area contributed by atoms with Crippen molar-refractivity contribution in [2.45, 2.75) is 32.6 Å². The minimum atomic E-state index is 0.0621. The summed E-state index contributed by atoms with van der Waals surface area (Å²) in [5.41, 5.74) is 0. The number of hydrogen-bond donors (Lipinski definition) is 0. The molecule has 1 saturated carbocycles. The molecule has 0 aromatic heterocycles. The van der Waals surface area contributed by atoms with Gasteiger partial charge < -0.3 is 14.5 Å². The molecule has 2 aliphatic heterocycles. The van der Waals surface area contributed by atoms with Gasteiger partial charge in [-0.05, 0) is 37.5 Å². The molecule has 2 heterocycles. The van der Waals surface area contributed by atoms with Crippen LogP contribution in [0.2, 0.25) is 0 Å². The Morgan fingerprint density at radius 3 is 2.61 bits per heavy atom. The number of likely N-dealkylation sites (tertiary alicyclic amines) is 2. The lowest BCUT2D eigenvalue weighted by Crippen LogP contribution is -2.49. The summed E-state index contributed by atoms with van der Waals surface area (Å²) in [5.74, 6) is 2.33. The molecular formula is C18H30N2O3. The van der Waals surface area contributed by atoms with Gasteiger partial charge in [0.25, 0.3) is 0 Å². The second-order valence-corrected chi connectivity index (χ2v) is 7.88. The SMILES string of the molecule is COCC1CN(C)C(=O)[C@H]2CCN(C(=O)C3CC(C)C3)CC[C@@H]12. The summed E-state index contributed by atoms with van der Waals surface area (Å²) in [6, 6.07) is 0. The van der Waals surface area contributed by atoms with Crippen LogP contribution in [-0.4, -0.2) is 62.0 Å². The van der Waals surface area contributed by atoms with Crippen LogP contribution in [0.4, 0.5) is 0 Å². The molecule has 2 saturated heterocycles. The maximum absolute atomic E-state index is 12.6. The van der Waals surface area contributed by atoms with Crippen molar-refractivity contribution in [3.8, 4) is 0 Å². The number of piperidine rings is 1. The zero-order chi connectivity index (χ0) is 16.6. The lowest BCUT2D eigenvalue weighted by Gasteiger charge is -2.40. The highest BCUT2D eigenvalue weighted by atomic mass is 16.5. The Labute approximate surface area is 139 Å². The molecule has 0 aromatic carbocycles. The van der Waals surface area contributed by atoms with Gasteiger partial charge in [0.1, 0.15) is 0 Å². The first-order valence-electron chi connectivity index (χ1n) is 9.04. The van der Waals surface area contributed by atoms with Gasteiger partial charge in [0, 0.05) is 51.5 Å². The fourth-order valence-corrected chi connectivity index (χ4v) is 4.83. The molecule has 5 heteroatoms. The molecule has 1 unspecified atom stereocenters. The van der Waals surface area contributed by atoms with E-state index in [1.54, 1.807) is 7.11 Å². The van der Waals surface area contributed by atoms with Crippen molar-refractivity contribution in [3.63, 3.8) is 0 Å². The van der Waals surface area contributed by atoms with Crippen molar-refractivity contribution in [2.75, 3.05) is 40.4 Å². The van der Waals surface area contributed by atoms with Gasteiger partial charge >= 0.3 is 0 Å². The second kappa shape index (κ2) is 6.80. The van der Waals surface area contributed by atoms with E-state index in [1.165, 1.54) is 0 Å². The molecule has 2 amide bonds. The van der Waals surface area contributed by atoms with Crippen LogP contribution in [0.15, 0.2) is 0 Å². The fourth-order valence-electron chi connectivity index (χ4n) is 4.83. The number of methoxy groups -OCH3 is 1. The third kappa shape index (κ3) is 3.25. The van der Waals surface area contributed by atoms with Crippen LogP contribution in [0.5, 0.6) is 0 Å². The molecule has 0 radical (unpaired) electrons. The van der Waals surface area contributed by atoms with Gasteiger partial charge in [-0.25, -0.2) is 0 Å². The quantitative estimate of drug-likeness (QED) is 0.793. The van der Waals surface area contributed by atoms with Gasteiger partial charge in [0.05, 0.1) is 6.61 Å². The summed E-state index contributed by atoms with van der Waals surface area (Å²) < 4.78 is 5.39. The van der Waals surface area contributed by atoms with Gasteiger partial charge in [-0.2, -0.15) is 0 Å². The number of ether oxygens (including phenoxy) is 1. The number of rotatable bonds is 3. The number of amides is 2. The van der Waals surface area contributed by atoms with Crippen LogP contribution in [0, 0.1) is 29.6 Å². The first-order chi connectivity index (χ1) is 11.0. The number of fused-ring (bicyclic) bond motifs is 1. The number of nitrogens with zero attached hydrogens (tertiary/aromatic N) is 2. The molecule has 3 rings (SSSR count). The van der Waals surface area contributed by atoms with Crippen molar-refractivity contribution in [1.29, 1.82) is 0 Å². The van der Waals surface area contributed by atoms with Crippen molar-refractivity contribution in [2.24, 2.45) is 29.6 Å². The van der Waals surface area contributed by atoms with E-state index >= 15 is 0 Å². The van der Waals surface area contributed by atoms with Gasteiger partial charge in [0.15, 0.2) is 0 Å². The van der Waals surface area contributed by atoms with E-state index in [2.05, 4.69) is 6.92 Å². The normalized spacial score (nSPS) is 37.9. The lowest BCUT2D eigenvalue weighted by atomic mass is 9.75. The van der Waals surface area contributed by atoms with E-state index in [1.807, 2.05) is 16.8 Å². The highest BCUT2D eigenvalue weighted by Crippen LogP contribution is 2.38. The topological polar surface area (TPSA) is 49.9 Å². The summed E-state index contributed by atoms with van der Waals surface area (Å²) in [6.07, 6.45) is 3.82. The van der Waals surface area contributed by atoms with Gasteiger partial charge in [-0.3, -0.25) is 9.59 Å². The van der Waals surface area contributed by atoms with Crippen LogP contribution in [0.1, 0.15) is 32.6 Å². The van der Waals surface area contributed by atoms with Gasteiger partial charge in [-0.15, -0.1) is 0 Å². The highest BCUT2D eigenvalue weighted by Gasteiger charge is 2.44. The molecule has 1 aliphatic carbocycles. The summed E-state index contributed by atoms with van der Waals surface area (Å²) in [7, 11) is 3.63. The molecule has 3 aliphatic rings. The van der Waals surface area contributed by atoms with Crippen molar-refractivity contribution in [1.82, 2.24) is 9.80 Å². The Hall–Kier alpha value is -1.10. The first kappa shape index (κ1) is 16.7. The van der Waals surface area contributed by atoms with E-state index in [9.17, 15) is 9.59 Å². The number of carbonyl (C=O) groups is 2. The zero-order valence-corrected chi connectivity index (χ0v) is 14.7. The molecule has 3 fully saturated rings. The van der Waals surface area contributed by atoms with Gasteiger partial charge in [-0.1, -0.05) is 6.92 Å². The van der Waals surface area contributed by atoms with E-state index in [-0.39, 0.29) is 17.7 Å². The monoisotopic (exact) mass is 322 g/mol. The maximum atomic E-state index is 12.6. The van der Waals surface area contributed by atoms with Crippen molar-refractivity contribution < 1.29 is 14.3 Å². The standard InChI is InChI=1S/C18H30N2O3/c1-12-8-13(9-12)17(21)20-6-4-15-14(11-23-3)10-19(2)18(22)16(15)5-7-20/h12-16H,4-11H2,1-3H3/t12?,13?,14?,15-,16-/m0/s1. The Kier molecular flexibility index (Phi) is 4.95. The molecule has 0 spiro atoms. The lowest BCUT2D eigenvalue weighted by molar-refractivity contribution is -0.144. The summed E-state index contributed by atoms with van der Waals surface area (Å²) in [5, 5.41) is 0. The molecule has 5 nitrogen and oxygen atoms in total. The molecular weight excluding hydrogens is 292 g/mol. The minimum absolute atomic E-state index is 0.0621. The predicted molar refractivity (Wildman–Crippen MR) is 87.7 cm³/mol. The van der Waals surface area contributed by atoms with Crippen LogP contribution in [0.3, 0.4) is 0 Å². The molecule has 23 heavy (non-hydrogen) atoms. The van der Waals surface area contributed by atoms with Crippen LogP contribution < -0.4 is 0 Å². The van der Waals surface area contributed by atoms with E-state index in [0.29, 0.717) is 30.3 Å². The molecule has 130 valence electrons. The van der Waals surface area contributed by atoms with E-state index in [4.69, 9.17) is 4.74 Å². The fraction of sp³-hybridized carbons (Fsp3) is 0.889. The average molecular weight is 322 g/mol. The van der Waals surface area contributed by atoms with Crippen molar-refractivity contribution in [3.05, 3.63) is 0 Å². The van der Waals surface area contributed by atoms with Crippen molar-refractivity contribution >= 4 is 11.8 Å². The maximum Gasteiger partial charge on any atom is 0.225 e. The Balaban J connectivity index is 1.67. The summed E-state index contributed by atoms with van der Waals surface area (Å²) in [6.45, 7) is 5.24. The first-order valence-corrected chi connectivity index (χ1v) is 9.04. The van der Waals surface area contributed by atoms with Crippen LogP contribution in [-0.2, 0) is 14.3 Å². The van der Waals surface area contributed by atoms with Gasteiger partial charge in [0.2, 0.25) is 11.8 Å². The predicted octanol–water partition coefficient (Wildman–Crippen LogP) is 1.62. The van der Waals surface area contributed by atoms with E-state index < -0.39 is 0 Å². The third-order valence-electron chi connectivity index (χ3n) is 6.18. The smallest absolute Gasteiger partial charge is 0.225 e. The van der Waals surface area contributed by atoms with Crippen LogP contribution >= 0.6 is 0 Å². The largest absolute Gasteiger partial charge is 0.384 e. The summed E-state index contributed by atoms with van der Waals surface area (Å²) in [4.78, 5) is 29.1. The third-order valence-corrected chi connectivity index (χ3v) is 6.18. The number of hydrogen-bond acceptors (Lipinski definition) is 3. The zero-order valence-electron chi connectivity index (χ0n) is 14.7. The summed E-state index contributed by atoms with van der Waals surface area (Å²) >= 11 is 0. The minimum Gasteiger partial charge on any atom is -0.384 e.